The predicted octanol–water partition coefficient (Wildman–Crippen LogP) is 4.24. The van der Waals surface area contributed by atoms with Gasteiger partial charge in [-0.15, -0.1) is 11.3 Å². The van der Waals surface area contributed by atoms with Crippen LogP contribution in [0.25, 0.3) is 5.76 Å². The molecule has 2 saturated heterocycles. The topological polar surface area (TPSA) is 79.3 Å². The average molecular weight is 499 g/mol. The van der Waals surface area contributed by atoms with Gasteiger partial charge in [0.1, 0.15) is 11.5 Å². The van der Waals surface area contributed by atoms with Crippen molar-refractivity contribution in [3.63, 3.8) is 0 Å². The third-order valence-electron chi connectivity index (χ3n) is 6.35. The molecule has 1 aromatic carbocycles. The van der Waals surface area contributed by atoms with Crippen LogP contribution in [0.1, 0.15) is 42.3 Å². The van der Waals surface area contributed by atoms with Crippen molar-refractivity contribution in [1.82, 2.24) is 9.80 Å². The Morgan fingerprint density at radius 2 is 1.97 bits per heavy atom. The summed E-state index contributed by atoms with van der Waals surface area (Å²) in [5.74, 6) is -0.192. The molecule has 2 aliphatic heterocycles. The third-order valence-corrected chi connectivity index (χ3v) is 7.27. The monoisotopic (exact) mass is 498 g/mol. The number of hydrogen-bond donors (Lipinski definition) is 1. The summed E-state index contributed by atoms with van der Waals surface area (Å²) in [6.45, 7) is 11.2. The zero-order valence-electron chi connectivity index (χ0n) is 20.7. The van der Waals surface area contributed by atoms with Crippen molar-refractivity contribution in [2.45, 2.75) is 33.2 Å². The first-order valence-electron chi connectivity index (χ1n) is 12.2. The number of rotatable bonds is 9. The van der Waals surface area contributed by atoms with Gasteiger partial charge in [0, 0.05) is 36.6 Å². The number of amides is 1. The number of carbonyl (C=O) groups is 2. The Bertz CT molecular complexity index is 1070. The number of Topliss-reactive ketones (excluding diaryl/α,β-unsaturated/α-hetero) is 1. The Hall–Kier alpha value is -2.68. The van der Waals surface area contributed by atoms with Crippen LogP contribution < -0.4 is 4.74 Å². The molecule has 4 rings (SSSR count). The number of hydrogen-bond acceptors (Lipinski definition) is 7. The molecule has 0 unspecified atom stereocenters. The van der Waals surface area contributed by atoms with E-state index in [9.17, 15) is 14.7 Å². The first-order valence-corrected chi connectivity index (χ1v) is 13.1. The highest BCUT2D eigenvalue weighted by molar-refractivity contribution is 7.10. The minimum atomic E-state index is -0.634. The number of carbonyl (C=O) groups excluding carboxylic acids is 2. The van der Waals surface area contributed by atoms with Crippen LogP contribution in [0.3, 0.4) is 0 Å². The maximum absolute atomic E-state index is 13.2. The quantitative estimate of drug-likeness (QED) is 0.317. The van der Waals surface area contributed by atoms with Crippen molar-refractivity contribution in [2.75, 3.05) is 46.0 Å². The van der Waals surface area contributed by atoms with Crippen molar-refractivity contribution in [2.24, 2.45) is 5.92 Å². The summed E-state index contributed by atoms with van der Waals surface area (Å²) in [5.41, 5.74) is 1.52. The fourth-order valence-electron chi connectivity index (χ4n) is 4.51. The summed E-state index contributed by atoms with van der Waals surface area (Å²) >= 11 is 1.48. The van der Waals surface area contributed by atoms with Crippen molar-refractivity contribution < 1.29 is 24.2 Å². The fourth-order valence-corrected chi connectivity index (χ4v) is 5.36. The summed E-state index contributed by atoms with van der Waals surface area (Å²) in [5, 5.41) is 13.2. The molecule has 3 heterocycles. The van der Waals surface area contributed by atoms with Gasteiger partial charge in [0.25, 0.3) is 11.7 Å². The van der Waals surface area contributed by atoms with Gasteiger partial charge in [-0.1, -0.05) is 19.9 Å². The highest BCUT2D eigenvalue weighted by Gasteiger charge is 2.46. The second-order valence-corrected chi connectivity index (χ2v) is 10.5. The number of thiophene rings is 1. The van der Waals surface area contributed by atoms with E-state index >= 15 is 0 Å². The first kappa shape index (κ1) is 25.4. The van der Waals surface area contributed by atoms with Crippen LogP contribution in [0, 0.1) is 12.8 Å². The minimum absolute atomic E-state index is 0.143. The molecule has 1 aromatic heterocycles. The number of likely N-dealkylation sites (tertiary alicyclic amines) is 1. The zero-order chi connectivity index (χ0) is 24.9. The summed E-state index contributed by atoms with van der Waals surface area (Å²) in [6, 6.07) is 8.59. The number of ketones is 1. The van der Waals surface area contributed by atoms with Crippen LogP contribution in [-0.2, 0) is 14.3 Å². The maximum atomic E-state index is 13.2. The van der Waals surface area contributed by atoms with Gasteiger partial charge in [0.05, 0.1) is 31.4 Å². The number of benzene rings is 1. The Balaban J connectivity index is 1.60. The Labute approximate surface area is 210 Å². The second kappa shape index (κ2) is 11.4. The minimum Gasteiger partial charge on any atom is -0.507 e. The molecule has 0 spiro atoms. The lowest BCUT2D eigenvalue weighted by Gasteiger charge is -2.28. The molecule has 2 aliphatic rings. The molecule has 0 saturated carbocycles. The van der Waals surface area contributed by atoms with Crippen molar-refractivity contribution >= 4 is 28.8 Å². The largest absolute Gasteiger partial charge is 0.507 e. The Morgan fingerprint density at radius 3 is 2.63 bits per heavy atom. The molecule has 1 amide bonds. The summed E-state index contributed by atoms with van der Waals surface area (Å²) < 4.78 is 11.3. The van der Waals surface area contributed by atoms with Gasteiger partial charge in [0.2, 0.25) is 0 Å². The lowest BCUT2D eigenvalue weighted by molar-refractivity contribution is -0.140. The normalized spacial score (nSPS) is 20.7. The standard InChI is InChI=1S/C27H34N2O5S/c1-18(2)17-34-21-8-7-20(16-19(21)3)25(30)23-24(22-6-4-15-35-22)29(27(32)26(23)31)10-5-9-28-11-13-33-14-12-28/h4,6-8,15-16,18,24,30H,5,9-14,17H2,1-3H3/b25-23+/t24-/m0/s1. The SMILES string of the molecule is Cc1cc(/C(O)=C2\C(=O)C(=O)N(CCCN3CCOCC3)[C@H]2c2cccs2)ccc1OCC(C)C. The summed E-state index contributed by atoms with van der Waals surface area (Å²) in [6.07, 6.45) is 0.746. The zero-order valence-corrected chi connectivity index (χ0v) is 21.5. The number of aryl methyl sites for hydroxylation is 1. The molecule has 1 atom stereocenters. The van der Waals surface area contributed by atoms with E-state index in [4.69, 9.17) is 9.47 Å². The number of morpholine rings is 1. The molecule has 8 heteroatoms. The van der Waals surface area contributed by atoms with Gasteiger partial charge >= 0.3 is 0 Å². The van der Waals surface area contributed by atoms with Crippen LogP contribution >= 0.6 is 11.3 Å². The summed E-state index contributed by atoms with van der Waals surface area (Å²) in [4.78, 5) is 31.1. The van der Waals surface area contributed by atoms with Gasteiger partial charge in [0.15, 0.2) is 0 Å². The predicted molar refractivity (Wildman–Crippen MR) is 137 cm³/mol. The van der Waals surface area contributed by atoms with E-state index in [1.165, 1.54) is 11.3 Å². The van der Waals surface area contributed by atoms with E-state index in [2.05, 4.69) is 18.7 Å². The van der Waals surface area contributed by atoms with Crippen LogP contribution in [0.2, 0.25) is 0 Å². The lowest BCUT2D eigenvalue weighted by Crippen LogP contribution is -2.38. The number of aliphatic hydroxyl groups excluding tert-OH is 1. The van der Waals surface area contributed by atoms with Crippen molar-refractivity contribution in [3.05, 3.63) is 57.3 Å². The maximum Gasteiger partial charge on any atom is 0.295 e. The molecular formula is C27H34N2O5S. The van der Waals surface area contributed by atoms with Crippen LogP contribution in [-0.4, -0.2) is 72.6 Å². The highest BCUT2D eigenvalue weighted by atomic mass is 32.1. The Kier molecular flexibility index (Phi) is 8.26. The van der Waals surface area contributed by atoms with Gasteiger partial charge < -0.3 is 19.5 Å². The summed E-state index contributed by atoms with van der Waals surface area (Å²) in [7, 11) is 0. The molecule has 35 heavy (non-hydrogen) atoms. The van der Waals surface area contributed by atoms with Crippen molar-refractivity contribution in [3.8, 4) is 5.75 Å². The van der Waals surface area contributed by atoms with Crippen LogP contribution in [0.15, 0.2) is 41.3 Å². The molecule has 2 aromatic rings. The molecule has 188 valence electrons. The molecule has 0 aliphatic carbocycles. The number of ether oxygens (including phenoxy) is 2. The smallest absolute Gasteiger partial charge is 0.295 e. The van der Waals surface area contributed by atoms with Crippen LogP contribution in [0.5, 0.6) is 5.75 Å². The molecular weight excluding hydrogens is 464 g/mol. The fraction of sp³-hybridized carbons (Fsp3) is 0.481. The van der Waals surface area contributed by atoms with Gasteiger partial charge in [-0.3, -0.25) is 14.5 Å². The van der Waals surface area contributed by atoms with E-state index in [0.717, 1.165) is 55.5 Å². The molecule has 0 radical (unpaired) electrons. The van der Waals surface area contributed by atoms with Crippen molar-refractivity contribution in [1.29, 1.82) is 0 Å². The molecule has 2 fully saturated rings. The van der Waals surface area contributed by atoms with Gasteiger partial charge in [-0.25, -0.2) is 0 Å². The Morgan fingerprint density at radius 1 is 1.20 bits per heavy atom. The second-order valence-electron chi connectivity index (χ2n) is 9.50. The first-order chi connectivity index (χ1) is 16.9. The van der Waals surface area contributed by atoms with Crippen LogP contribution in [0.4, 0.5) is 0 Å². The van der Waals surface area contributed by atoms with Gasteiger partial charge in [-0.2, -0.15) is 0 Å². The molecule has 1 N–H and O–H groups in total. The number of nitrogens with zero attached hydrogens (tertiary/aromatic N) is 2. The third kappa shape index (κ3) is 5.77. The highest BCUT2D eigenvalue weighted by Crippen LogP contribution is 2.41. The van der Waals surface area contributed by atoms with E-state index in [0.29, 0.717) is 24.6 Å². The van der Waals surface area contributed by atoms with E-state index < -0.39 is 17.7 Å². The van der Waals surface area contributed by atoms with E-state index in [-0.39, 0.29) is 11.3 Å². The van der Waals surface area contributed by atoms with E-state index in [1.807, 2.05) is 36.6 Å². The van der Waals surface area contributed by atoms with E-state index in [1.54, 1.807) is 11.0 Å². The average Bonchev–Trinajstić information content (AvgIpc) is 3.46. The van der Waals surface area contributed by atoms with Gasteiger partial charge in [-0.05, 0) is 54.5 Å². The molecule has 0 bridgehead atoms. The molecule has 7 nitrogen and oxygen atoms in total. The number of aliphatic hydroxyl groups is 1. The lowest BCUT2D eigenvalue weighted by atomic mass is 9.98.